The normalized spacial score (nSPS) is 12.0. The van der Waals surface area contributed by atoms with Crippen LogP contribution in [-0.2, 0) is 24.4 Å². The van der Waals surface area contributed by atoms with E-state index in [9.17, 15) is 9.90 Å². The van der Waals surface area contributed by atoms with Crippen LogP contribution in [0.2, 0.25) is 15.1 Å². The zero-order valence-corrected chi connectivity index (χ0v) is 21.0. The van der Waals surface area contributed by atoms with Gasteiger partial charge in [-0.2, -0.15) is 0 Å². The van der Waals surface area contributed by atoms with Crippen molar-refractivity contribution in [1.29, 1.82) is 0 Å². The Morgan fingerprint density at radius 1 is 1.06 bits per heavy atom. The molecule has 0 aliphatic heterocycles. The molecule has 0 unspecified atom stereocenters. The van der Waals surface area contributed by atoms with Gasteiger partial charge in [0.1, 0.15) is 12.6 Å². The number of ether oxygens (including phenoxy) is 2. The summed E-state index contributed by atoms with van der Waals surface area (Å²) < 4.78 is 11.4. The molecule has 4 aromatic rings. The number of carboxylic acids is 1. The second-order valence-corrected chi connectivity index (χ2v) is 9.22. The number of benzene rings is 3. The molecule has 0 fully saturated rings. The third kappa shape index (κ3) is 6.03. The Kier molecular flexibility index (Phi) is 8.08. The molecular weight excluding hydrogens is 511 g/mol. The Hall–Kier alpha value is -2.90. The number of fused-ring (bicyclic) bond motifs is 1. The van der Waals surface area contributed by atoms with Gasteiger partial charge in [0.25, 0.3) is 0 Å². The number of halogens is 3. The summed E-state index contributed by atoms with van der Waals surface area (Å²) in [6, 6.07) is 15.7. The van der Waals surface area contributed by atoms with Crippen molar-refractivity contribution < 1.29 is 19.4 Å². The molecule has 9 heteroatoms. The van der Waals surface area contributed by atoms with Crippen molar-refractivity contribution in [2.75, 3.05) is 7.11 Å². The third-order valence-corrected chi connectivity index (χ3v) is 6.49. The standard InChI is InChI=1S/C26H23Cl3N2O4/c1-34-24-9-15(8-21(29)25(24)35-14-16-6-7-18(27)11-20(16)28)12-30-23(26(32)33)10-17-13-31-22-5-3-2-4-19(17)22/h2-9,11,13,23,30-31H,10,12,14H2,1H3,(H,32,33)/t23-/m0/s1. The Bertz CT molecular complexity index is 1360. The molecule has 0 spiro atoms. The lowest BCUT2D eigenvalue weighted by Crippen LogP contribution is -2.38. The predicted molar refractivity (Wildman–Crippen MR) is 139 cm³/mol. The van der Waals surface area contributed by atoms with Gasteiger partial charge in [-0.15, -0.1) is 0 Å². The largest absolute Gasteiger partial charge is 0.493 e. The number of hydrogen-bond donors (Lipinski definition) is 3. The Balaban J connectivity index is 1.46. The maximum atomic E-state index is 11.9. The number of hydrogen-bond acceptors (Lipinski definition) is 4. The molecule has 3 aromatic carbocycles. The van der Waals surface area contributed by atoms with Crippen LogP contribution < -0.4 is 14.8 Å². The molecule has 4 rings (SSSR count). The van der Waals surface area contributed by atoms with Crippen LogP contribution in [0.5, 0.6) is 11.5 Å². The second kappa shape index (κ2) is 11.2. The molecule has 0 aliphatic rings. The molecule has 0 aliphatic carbocycles. The first kappa shape index (κ1) is 25.2. The van der Waals surface area contributed by atoms with Crippen LogP contribution in [-0.4, -0.2) is 29.2 Å². The van der Waals surface area contributed by atoms with E-state index in [1.807, 2.05) is 30.5 Å². The summed E-state index contributed by atoms with van der Waals surface area (Å²) in [5.74, 6) is -0.131. The van der Waals surface area contributed by atoms with Crippen LogP contribution in [0.4, 0.5) is 0 Å². The quantitative estimate of drug-likeness (QED) is 0.217. The molecule has 0 bridgehead atoms. The number of aliphatic carboxylic acids is 1. The number of aromatic nitrogens is 1. The Morgan fingerprint density at radius 3 is 2.60 bits per heavy atom. The van der Waals surface area contributed by atoms with Crippen molar-refractivity contribution in [3.63, 3.8) is 0 Å². The fourth-order valence-corrected chi connectivity index (χ4v) is 4.56. The molecule has 182 valence electrons. The van der Waals surface area contributed by atoms with Gasteiger partial charge in [0.05, 0.1) is 12.1 Å². The summed E-state index contributed by atoms with van der Waals surface area (Å²) in [4.78, 5) is 15.1. The Morgan fingerprint density at radius 2 is 1.86 bits per heavy atom. The first-order chi connectivity index (χ1) is 16.9. The zero-order chi connectivity index (χ0) is 24.9. The maximum Gasteiger partial charge on any atom is 0.321 e. The lowest BCUT2D eigenvalue weighted by molar-refractivity contribution is -0.139. The molecule has 0 saturated carbocycles. The van der Waals surface area contributed by atoms with Gasteiger partial charge >= 0.3 is 5.97 Å². The van der Waals surface area contributed by atoms with Crippen molar-refractivity contribution in [1.82, 2.24) is 10.3 Å². The van der Waals surface area contributed by atoms with Crippen LogP contribution in [0.3, 0.4) is 0 Å². The molecule has 0 saturated heterocycles. The second-order valence-electron chi connectivity index (χ2n) is 7.97. The summed E-state index contributed by atoms with van der Waals surface area (Å²) in [6.45, 7) is 0.452. The van der Waals surface area contributed by atoms with E-state index in [4.69, 9.17) is 44.3 Å². The van der Waals surface area contributed by atoms with Crippen LogP contribution in [0.15, 0.2) is 60.8 Å². The minimum absolute atomic E-state index is 0.176. The number of aromatic amines is 1. The molecule has 35 heavy (non-hydrogen) atoms. The molecule has 0 amide bonds. The van der Waals surface area contributed by atoms with Crippen molar-refractivity contribution >= 4 is 51.7 Å². The maximum absolute atomic E-state index is 11.9. The van der Waals surface area contributed by atoms with E-state index in [2.05, 4.69) is 10.3 Å². The topological polar surface area (TPSA) is 83.6 Å². The highest BCUT2D eigenvalue weighted by atomic mass is 35.5. The zero-order valence-electron chi connectivity index (χ0n) is 18.8. The van der Waals surface area contributed by atoms with Gasteiger partial charge in [0.15, 0.2) is 11.5 Å². The van der Waals surface area contributed by atoms with Gasteiger partial charge < -0.3 is 24.9 Å². The van der Waals surface area contributed by atoms with E-state index in [-0.39, 0.29) is 13.2 Å². The van der Waals surface area contributed by atoms with Gasteiger partial charge in [-0.25, -0.2) is 0 Å². The van der Waals surface area contributed by atoms with Crippen LogP contribution in [0.1, 0.15) is 16.7 Å². The monoisotopic (exact) mass is 532 g/mol. The highest BCUT2D eigenvalue weighted by Gasteiger charge is 2.20. The molecule has 1 aromatic heterocycles. The van der Waals surface area contributed by atoms with E-state index >= 15 is 0 Å². The summed E-state index contributed by atoms with van der Waals surface area (Å²) in [5.41, 5.74) is 3.41. The van der Waals surface area contributed by atoms with E-state index < -0.39 is 12.0 Å². The van der Waals surface area contributed by atoms with Gasteiger partial charge in [-0.3, -0.25) is 4.79 Å². The first-order valence-electron chi connectivity index (χ1n) is 10.8. The lowest BCUT2D eigenvalue weighted by Gasteiger charge is -2.17. The highest BCUT2D eigenvalue weighted by Crippen LogP contribution is 2.37. The van der Waals surface area contributed by atoms with E-state index in [1.165, 1.54) is 7.11 Å². The Labute approximate surface area is 217 Å². The van der Waals surface area contributed by atoms with Crippen LogP contribution in [0, 0.1) is 0 Å². The molecule has 0 radical (unpaired) electrons. The summed E-state index contributed by atoms with van der Waals surface area (Å²) in [6.07, 6.45) is 2.18. The number of methoxy groups -OCH3 is 1. The van der Waals surface area contributed by atoms with Crippen molar-refractivity contribution in [3.05, 3.63) is 92.6 Å². The fourth-order valence-electron chi connectivity index (χ4n) is 3.81. The minimum Gasteiger partial charge on any atom is -0.493 e. The summed E-state index contributed by atoms with van der Waals surface area (Å²) in [5, 5.41) is 15.3. The molecular formula is C26H23Cl3N2O4. The average molecular weight is 534 g/mol. The van der Waals surface area contributed by atoms with Gasteiger partial charge in [0, 0.05) is 45.7 Å². The molecule has 1 heterocycles. The molecule has 3 N–H and O–H groups in total. The van der Waals surface area contributed by atoms with Crippen molar-refractivity contribution in [2.24, 2.45) is 0 Å². The summed E-state index contributed by atoms with van der Waals surface area (Å²) >= 11 is 18.7. The number of para-hydroxylation sites is 1. The number of rotatable bonds is 10. The molecule has 6 nitrogen and oxygen atoms in total. The van der Waals surface area contributed by atoms with Gasteiger partial charge in [-0.05, 0) is 41.5 Å². The van der Waals surface area contributed by atoms with Crippen LogP contribution >= 0.6 is 34.8 Å². The smallest absolute Gasteiger partial charge is 0.321 e. The van der Waals surface area contributed by atoms with Gasteiger partial charge in [-0.1, -0.05) is 59.1 Å². The third-order valence-electron chi connectivity index (χ3n) is 5.63. The lowest BCUT2D eigenvalue weighted by atomic mass is 10.0. The van der Waals surface area contributed by atoms with E-state index in [0.29, 0.717) is 33.0 Å². The first-order valence-corrected chi connectivity index (χ1v) is 11.9. The predicted octanol–water partition coefficient (Wildman–Crippen LogP) is 6.50. The van der Waals surface area contributed by atoms with Crippen molar-refractivity contribution in [2.45, 2.75) is 25.6 Å². The van der Waals surface area contributed by atoms with Crippen LogP contribution in [0.25, 0.3) is 10.9 Å². The summed E-state index contributed by atoms with van der Waals surface area (Å²) in [7, 11) is 1.52. The SMILES string of the molecule is COc1cc(CN[C@@H](Cc2c[nH]c3ccccc23)C(=O)O)cc(Cl)c1OCc1ccc(Cl)cc1Cl. The van der Waals surface area contributed by atoms with E-state index in [0.717, 1.165) is 27.6 Å². The van der Waals surface area contributed by atoms with Crippen molar-refractivity contribution in [3.8, 4) is 11.5 Å². The van der Waals surface area contributed by atoms with E-state index in [1.54, 1.807) is 30.3 Å². The average Bonchev–Trinajstić information content (AvgIpc) is 3.24. The minimum atomic E-state index is -0.937. The molecule has 1 atom stereocenters. The number of nitrogens with one attached hydrogen (secondary N) is 2. The van der Waals surface area contributed by atoms with Gasteiger partial charge in [0.2, 0.25) is 0 Å². The number of carbonyl (C=O) groups is 1. The number of carboxylic acid groups (broad SMARTS) is 1. The number of H-pyrrole nitrogens is 1. The highest BCUT2D eigenvalue weighted by molar-refractivity contribution is 6.35. The fraction of sp³-hybridized carbons (Fsp3) is 0.192.